The minimum absolute atomic E-state index is 0.417. The largest absolute Gasteiger partial charge is 0.194 e. The summed E-state index contributed by atoms with van der Waals surface area (Å²) < 4.78 is -1.22. The standard InChI is InChI=1S/C9H8Cl4/c10-6-8-3-1-7(2-4-8)5-9(11,12)13/h1-4H,5-6H2. The average Bonchev–Trinajstić information content (AvgIpc) is 2.03. The highest BCUT2D eigenvalue weighted by Gasteiger charge is 2.19. The van der Waals surface area contributed by atoms with Gasteiger partial charge in [0.15, 0.2) is 3.79 Å². The lowest BCUT2D eigenvalue weighted by Crippen LogP contribution is -2.06. The molecule has 0 atom stereocenters. The van der Waals surface area contributed by atoms with Crippen LogP contribution in [0.4, 0.5) is 0 Å². The van der Waals surface area contributed by atoms with Crippen molar-refractivity contribution < 1.29 is 0 Å². The molecule has 0 amide bonds. The predicted octanol–water partition coefficient (Wildman–Crippen LogP) is 4.34. The maximum absolute atomic E-state index is 5.65. The molecule has 0 fully saturated rings. The second-order valence-corrected chi connectivity index (χ2v) is 5.53. The molecular weight excluding hydrogens is 250 g/mol. The maximum Gasteiger partial charge on any atom is 0.194 e. The van der Waals surface area contributed by atoms with Gasteiger partial charge in [-0.3, -0.25) is 0 Å². The molecule has 0 aliphatic rings. The van der Waals surface area contributed by atoms with Crippen LogP contribution in [-0.2, 0) is 12.3 Å². The third-order valence-corrected chi connectivity index (χ3v) is 2.29. The smallest absolute Gasteiger partial charge is 0.122 e. The van der Waals surface area contributed by atoms with Crippen LogP contribution in [-0.4, -0.2) is 3.79 Å². The number of hydrogen-bond acceptors (Lipinski definition) is 0. The summed E-state index contributed by atoms with van der Waals surface area (Å²) in [5.74, 6) is 0.508. The normalized spacial score (nSPS) is 11.7. The Hall–Kier alpha value is 0.380. The maximum atomic E-state index is 5.65. The molecule has 1 rings (SSSR count). The van der Waals surface area contributed by atoms with Gasteiger partial charge in [0.25, 0.3) is 0 Å². The van der Waals surface area contributed by atoms with Gasteiger partial charge in [0.1, 0.15) is 0 Å². The summed E-state index contributed by atoms with van der Waals surface area (Å²) in [6.45, 7) is 0. The van der Waals surface area contributed by atoms with E-state index in [0.717, 1.165) is 11.1 Å². The Morgan fingerprint density at radius 2 is 1.38 bits per heavy atom. The molecule has 0 aliphatic heterocycles. The molecule has 0 nitrogen and oxygen atoms in total. The van der Waals surface area contributed by atoms with E-state index in [-0.39, 0.29) is 0 Å². The molecule has 0 saturated carbocycles. The van der Waals surface area contributed by atoms with Crippen molar-refractivity contribution >= 4 is 46.4 Å². The first-order valence-corrected chi connectivity index (χ1v) is 5.38. The first kappa shape index (κ1) is 11.5. The van der Waals surface area contributed by atoms with Gasteiger partial charge in [-0.25, -0.2) is 0 Å². The number of halogens is 4. The van der Waals surface area contributed by atoms with Gasteiger partial charge in [-0.2, -0.15) is 0 Å². The fourth-order valence-corrected chi connectivity index (χ4v) is 1.62. The summed E-state index contributed by atoms with van der Waals surface area (Å²) in [6.07, 6.45) is 0.417. The highest BCUT2D eigenvalue weighted by Crippen LogP contribution is 2.30. The first-order valence-electron chi connectivity index (χ1n) is 3.72. The summed E-state index contributed by atoms with van der Waals surface area (Å²) in [7, 11) is 0. The summed E-state index contributed by atoms with van der Waals surface area (Å²) >= 11 is 22.6. The zero-order valence-electron chi connectivity index (χ0n) is 6.74. The fourth-order valence-electron chi connectivity index (χ4n) is 0.978. The summed E-state index contributed by atoms with van der Waals surface area (Å²) in [6, 6.07) is 7.69. The molecule has 72 valence electrons. The minimum atomic E-state index is -1.22. The third-order valence-electron chi connectivity index (χ3n) is 1.58. The molecule has 0 saturated heterocycles. The first-order chi connectivity index (χ1) is 6.01. The molecule has 1 aromatic rings. The van der Waals surface area contributed by atoms with Gasteiger partial charge in [-0.05, 0) is 11.1 Å². The van der Waals surface area contributed by atoms with Crippen molar-refractivity contribution in [2.75, 3.05) is 0 Å². The SMILES string of the molecule is ClCc1ccc(CC(Cl)(Cl)Cl)cc1. The van der Waals surface area contributed by atoms with Crippen LogP contribution >= 0.6 is 46.4 Å². The van der Waals surface area contributed by atoms with Crippen molar-refractivity contribution in [1.29, 1.82) is 0 Å². The van der Waals surface area contributed by atoms with Gasteiger partial charge >= 0.3 is 0 Å². The highest BCUT2D eigenvalue weighted by atomic mass is 35.6. The molecule has 0 aliphatic carbocycles. The van der Waals surface area contributed by atoms with Crippen molar-refractivity contribution in [3.63, 3.8) is 0 Å². The van der Waals surface area contributed by atoms with Crippen molar-refractivity contribution in [2.45, 2.75) is 16.1 Å². The number of hydrogen-bond donors (Lipinski definition) is 0. The Labute approximate surface area is 97.7 Å². The molecule has 0 heterocycles. The van der Waals surface area contributed by atoms with Crippen LogP contribution in [0, 0.1) is 0 Å². The van der Waals surface area contributed by atoms with Crippen molar-refractivity contribution in [3.8, 4) is 0 Å². The highest BCUT2D eigenvalue weighted by molar-refractivity contribution is 6.67. The monoisotopic (exact) mass is 256 g/mol. The van der Waals surface area contributed by atoms with Gasteiger partial charge in [0.05, 0.1) is 0 Å². The van der Waals surface area contributed by atoms with Crippen LogP contribution in [0.2, 0.25) is 0 Å². The fraction of sp³-hybridized carbons (Fsp3) is 0.333. The summed E-state index contributed by atoms with van der Waals surface area (Å²) in [4.78, 5) is 0. The summed E-state index contributed by atoms with van der Waals surface area (Å²) in [5, 5.41) is 0. The van der Waals surface area contributed by atoms with E-state index in [0.29, 0.717) is 12.3 Å². The lowest BCUT2D eigenvalue weighted by Gasteiger charge is -2.10. The molecule has 0 spiro atoms. The van der Waals surface area contributed by atoms with E-state index >= 15 is 0 Å². The lowest BCUT2D eigenvalue weighted by atomic mass is 10.1. The molecule has 0 radical (unpaired) electrons. The number of benzene rings is 1. The van der Waals surface area contributed by atoms with Crippen LogP contribution in [0.25, 0.3) is 0 Å². The van der Waals surface area contributed by atoms with E-state index in [1.165, 1.54) is 0 Å². The molecule has 4 heteroatoms. The van der Waals surface area contributed by atoms with Crippen LogP contribution in [0.5, 0.6) is 0 Å². The number of rotatable bonds is 2. The molecule has 0 bridgehead atoms. The quantitative estimate of drug-likeness (QED) is 0.692. The van der Waals surface area contributed by atoms with Crippen molar-refractivity contribution in [1.82, 2.24) is 0 Å². The second-order valence-electron chi connectivity index (χ2n) is 2.74. The van der Waals surface area contributed by atoms with E-state index in [2.05, 4.69) is 0 Å². The van der Waals surface area contributed by atoms with Gasteiger partial charge < -0.3 is 0 Å². The Morgan fingerprint density at radius 1 is 0.923 bits per heavy atom. The minimum Gasteiger partial charge on any atom is -0.122 e. The Morgan fingerprint density at radius 3 is 1.77 bits per heavy atom. The van der Waals surface area contributed by atoms with Gasteiger partial charge in [0, 0.05) is 12.3 Å². The Bertz CT molecular complexity index is 260. The van der Waals surface area contributed by atoms with Crippen molar-refractivity contribution in [2.24, 2.45) is 0 Å². The topological polar surface area (TPSA) is 0 Å². The van der Waals surface area contributed by atoms with Crippen molar-refractivity contribution in [3.05, 3.63) is 35.4 Å². The van der Waals surface area contributed by atoms with Gasteiger partial charge in [-0.15, -0.1) is 11.6 Å². The van der Waals surface area contributed by atoms with E-state index in [9.17, 15) is 0 Å². The van der Waals surface area contributed by atoms with Crippen LogP contribution in [0.3, 0.4) is 0 Å². The third kappa shape index (κ3) is 4.42. The zero-order valence-corrected chi connectivity index (χ0v) is 9.76. The van der Waals surface area contributed by atoms with Crippen LogP contribution < -0.4 is 0 Å². The van der Waals surface area contributed by atoms with E-state index in [4.69, 9.17) is 46.4 Å². The second kappa shape index (κ2) is 4.75. The predicted molar refractivity (Wildman–Crippen MR) is 60.0 cm³/mol. The molecule has 0 aromatic heterocycles. The van der Waals surface area contributed by atoms with E-state index in [1.54, 1.807) is 0 Å². The molecule has 0 N–H and O–H groups in total. The van der Waals surface area contributed by atoms with Gasteiger partial charge in [0.2, 0.25) is 0 Å². The van der Waals surface area contributed by atoms with E-state index in [1.807, 2.05) is 24.3 Å². The molecule has 0 unspecified atom stereocenters. The molecular formula is C9H8Cl4. The Kier molecular flexibility index (Phi) is 4.18. The zero-order chi connectivity index (χ0) is 9.90. The molecule has 1 aromatic carbocycles. The van der Waals surface area contributed by atoms with Crippen LogP contribution in [0.1, 0.15) is 11.1 Å². The average molecular weight is 258 g/mol. The molecule has 13 heavy (non-hydrogen) atoms. The number of alkyl halides is 4. The van der Waals surface area contributed by atoms with Crippen LogP contribution in [0.15, 0.2) is 24.3 Å². The Balaban J connectivity index is 2.70. The lowest BCUT2D eigenvalue weighted by molar-refractivity contribution is 1.02. The van der Waals surface area contributed by atoms with Gasteiger partial charge in [-0.1, -0.05) is 59.1 Å². The summed E-state index contributed by atoms with van der Waals surface area (Å²) in [5.41, 5.74) is 2.06. The van der Waals surface area contributed by atoms with E-state index < -0.39 is 3.79 Å².